The number of ether oxygens (including phenoxy) is 1. The van der Waals surface area contributed by atoms with Crippen LogP contribution in [0.4, 0.5) is 0 Å². The van der Waals surface area contributed by atoms with E-state index in [1.807, 2.05) is 54.6 Å². The molecule has 3 aromatic carbocycles. The molecule has 3 rings (SSSR count). The molecule has 0 aliphatic carbocycles. The minimum Gasteiger partial charge on any atom is -0.489 e. The van der Waals surface area contributed by atoms with Gasteiger partial charge in [-0.15, -0.1) is 0 Å². The van der Waals surface area contributed by atoms with E-state index in [2.05, 4.69) is 5.32 Å². The van der Waals surface area contributed by atoms with Gasteiger partial charge in [0.2, 0.25) is 0 Å². The number of rotatable bonds is 6. The van der Waals surface area contributed by atoms with Crippen LogP contribution in [0.15, 0.2) is 66.7 Å². The fraction of sp³-hybridized carbons (Fsp3) is 0.0952. The maximum Gasteiger partial charge on any atom is 0.120 e. The Kier molecular flexibility index (Phi) is 6.97. The number of nitrogens with one attached hydrogen (secondary N) is 1. The molecule has 0 saturated heterocycles. The van der Waals surface area contributed by atoms with E-state index in [1.165, 1.54) is 0 Å². The Balaban J connectivity index is 1.61. The van der Waals surface area contributed by atoms with Crippen LogP contribution >= 0.6 is 47.0 Å². The Hall–Kier alpha value is -1.78. The van der Waals surface area contributed by atoms with Gasteiger partial charge in [-0.25, -0.2) is 0 Å². The molecule has 0 spiro atoms. The maximum absolute atomic E-state index is 6.18. The van der Waals surface area contributed by atoms with Gasteiger partial charge in [0.1, 0.15) is 17.3 Å². The highest BCUT2D eigenvalue weighted by molar-refractivity contribution is 7.80. The van der Waals surface area contributed by atoms with Crippen molar-refractivity contribution in [2.45, 2.75) is 13.2 Å². The quantitative estimate of drug-likeness (QED) is 0.435. The smallest absolute Gasteiger partial charge is 0.120 e. The Labute approximate surface area is 179 Å². The highest BCUT2D eigenvalue weighted by atomic mass is 35.5. The second kappa shape index (κ2) is 9.43. The molecule has 0 amide bonds. The number of hydrogen-bond acceptors (Lipinski definition) is 2. The zero-order valence-corrected chi connectivity index (χ0v) is 17.3. The fourth-order valence-electron chi connectivity index (χ4n) is 2.44. The van der Waals surface area contributed by atoms with Gasteiger partial charge >= 0.3 is 0 Å². The summed E-state index contributed by atoms with van der Waals surface area (Å²) >= 11 is 23.6. The van der Waals surface area contributed by atoms with Crippen LogP contribution in [0.5, 0.6) is 5.75 Å². The van der Waals surface area contributed by atoms with E-state index in [4.69, 9.17) is 51.8 Å². The summed E-state index contributed by atoms with van der Waals surface area (Å²) in [6, 6.07) is 20.7. The van der Waals surface area contributed by atoms with Crippen LogP contribution in [-0.4, -0.2) is 4.99 Å². The third-order valence-corrected chi connectivity index (χ3v) is 5.37. The molecule has 0 radical (unpaired) electrons. The molecule has 0 aromatic heterocycles. The highest BCUT2D eigenvalue weighted by Crippen LogP contribution is 2.24. The van der Waals surface area contributed by atoms with Gasteiger partial charge in [-0.05, 0) is 41.5 Å². The van der Waals surface area contributed by atoms with Gasteiger partial charge in [0.25, 0.3) is 0 Å². The number of halogens is 3. The van der Waals surface area contributed by atoms with Crippen molar-refractivity contribution in [3.63, 3.8) is 0 Å². The molecule has 0 fully saturated rings. The van der Waals surface area contributed by atoms with E-state index in [-0.39, 0.29) is 0 Å². The molecule has 0 aliphatic heterocycles. The molecule has 0 unspecified atom stereocenters. The van der Waals surface area contributed by atoms with E-state index in [9.17, 15) is 0 Å². The van der Waals surface area contributed by atoms with Crippen molar-refractivity contribution in [1.82, 2.24) is 5.32 Å². The molecule has 27 heavy (non-hydrogen) atoms. The molecule has 0 aliphatic rings. The third kappa shape index (κ3) is 5.60. The monoisotopic (exact) mass is 435 g/mol. The molecule has 0 atom stereocenters. The van der Waals surface area contributed by atoms with Gasteiger partial charge in [-0.3, -0.25) is 0 Å². The molecule has 138 valence electrons. The molecular weight excluding hydrogens is 421 g/mol. The normalized spacial score (nSPS) is 10.5. The first-order chi connectivity index (χ1) is 13.0. The second-order valence-electron chi connectivity index (χ2n) is 5.84. The zero-order chi connectivity index (χ0) is 19.2. The number of benzene rings is 3. The average molecular weight is 437 g/mol. The van der Waals surface area contributed by atoms with Gasteiger partial charge in [-0.1, -0.05) is 83.4 Å². The molecule has 3 aromatic rings. The van der Waals surface area contributed by atoms with Crippen molar-refractivity contribution >= 4 is 52.0 Å². The molecular formula is C21H16Cl3NOS. The van der Waals surface area contributed by atoms with Crippen molar-refractivity contribution in [2.75, 3.05) is 0 Å². The van der Waals surface area contributed by atoms with Crippen LogP contribution < -0.4 is 10.1 Å². The van der Waals surface area contributed by atoms with Crippen LogP contribution in [0.25, 0.3) is 0 Å². The van der Waals surface area contributed by atoms with Gasteiger partial charge in [0, 0.05) is 17.1 Å². The minimum atomic E-state index is 0.389. The predicted molar refractivity (Wildman–Crippen MR) is 117 cm³/mol. The molecule has 2 nitrogen and oxygen atoms in total. The average Bonchev–Trinajstić information content (AvgIpc) is 2.68. The van der Waals surface area contributed by atoms with E-state index in [1.54, 1.807) is 12.1 Å². The maximum atomic E-state index is 6.18. The largest absolute Gasteiger partial charge is 0.489 e. The lowest BCUT2D eigenvalue weighted by molar-refractivity contribution is 0.306. The fourth-order valence-corrected chi connectivity index (χ4v) is 3.16. The van der Waals surface area contributed by atoms with Crippen molar-refractivity contribution in [1.29, 1.82) is 0 Å². The van der Waals surface area contributed by atoms with Crippen LogP contribution in [0, 0.1) is 0 Å². The van der Waals surface area contributed by atoms with Crippen molar-refractivity contribution in [2.24, 2.45) is 0 Å². The Bertz CT molecular complexity index is 962. The first-order valence-electron chi connectivity index (χ1n) is 8.21. The summed E-state index contributed by atoms with van der Waals surface area (Å²) in [5.41, 5.74) is 2.81. The lowest BCUT2D eigenvalue weighted by Crippen LogP contribution is -2.21. The van der Waals surface area contributed by atoms with E-state index >= 15 is 0 Å². The highest BCUT2D eigenvalue weighted by Gasteiger charge is 2.06. The number of thiocarbonyl (C=S) groups is 1. The molecule has 0 bridgehead atoms. The first-order valence-corrected chi connectivity index (χ1v) is 9.75. The standard InChI is InChI=1S/C21H16Cl3NOS/c22-18-7-2-1-4-16(18)12-25-21(27)15-5-3-6-17(11-15)26-13-14-8-9-19(23)20(24)10-14/h1-11H,12-13H2,(H,25,27). The van der Waals surface area contributed by atoms with Crippen LogP contribution in [0.2, 0.25) is 15.1 Å². The summed E-state index contributed by atoms with van der Waals surface area (Å²) in [7, 11) is 0. The summed E-state index contributed by atoms with van der Waals surface area (Å²) in [6.45, 7) is 0.951. The Morgan fingerprint density at radius 2 is 1.67 bits per heavy atom. The third-order valence-electron chi connectivity index (χ3n) is 3.88. The van der Waals surface area contributed by atoms with Crippen molar-refractivity contribution in [3.8, 4) is 5.75 Å². The van der Waals surface area contributed by atoms with Gasteiger partial charge < -0.3 is 10.1 Å². The predicted octanol–water partition coefficient (Wildman–Crippen LogP) is 6.69. The molecule has 1 N–H and O–H groups in total. The van der Waals surface area contributed by atoms with Gasteiger partial charge in [-0.2, -0.15) is 0 Å². The molecule has 6 heteroatoms. The first kappa shape index (κ1) is 20.0. The van der Waals surface area contributed by atoms with Gasteiger partial charge in [0.05, 0.1) is 10.0 Å². The van der Waals surface area contributed by atoms with E-state index in [0.717, 1.165) is 22.4 Å². The number of hydrogen-bond donors (Lipinski definition) is 1. The van der Waals surface area contributed by atoms with Crippen molar-refractivity contribution in [3.05, 3.63) is 98.5 Å². The van der Waals surface area contributed by atoms with Crippen LogP contribution in [0.3, 0.4) is 0 Å². The summed E-state index contributed by atoms with van der Waals surface area (Å²) in [4.78, 5) is 0.634. The second-order valence-corrected chi connectivity index (χ2v) is 7.47. The Morgan fingerprint density at radius 1 is 0.852 bits per heavy atom. The van der Waals surface area contributed by atoms with Crippen LogP contribution in [-0.2, 0) is 13.2 Å². The summed E-state index contributed by atoms with van der Waals surface area (Å²) in [6.07, 6.45) is 0. The summed E-state index contributed by atoms with van der Waals surface area (Å²) in [5.74, 6) is 0.723. The topological polar surface area (TPSA) is 21.3 Å². The van der Waals surface area contributed by atoms with Crippen LogP contribution in [0.1, 0.15) is 16.7 Å². The van der Waals surface area contributed by atoms with E-state index < -0.39 is 0 Å². The lowest BCUT2D eigenvalue weighted by atomic mass is 10.2. The zero-order valence-electron chi connectivity index (χ0n) is 14.2. The molecule has 0 heterocycles. The summed E-state index contributed by atoms with van der Waals surface area (Å²) in [5, 5.41) is 4.98. The van der Waals surface area contributed by atoms with Crippen molar-refractivity contribution < 1.29 is 4.74 Å². The summed E-state index contributed by atoms with van der Waals surface area (Å²) < 4.78 is 5.85. The SMILES string of the molecule is S=C(NCc1ccccc1Cl)c1cccc(OCc2ccc(Cl)c(Cl)c2)c1. The Morgan fingerprint density at radius 3 is 2.44 bits per heavy atom. The lowest BCUT2D eigenvalue weighted by Gasteiger charge is -2.12. The van der Waals surface area contributed by atoms with E-state index in [0.29, 0.717) is 33.2 Å². The van der Waals surface area contributed by atoms with Gasteiger partial charge in [0.15, 0.2) is 0 Å². The minimum absolute atomic E-state index is 0.389. The molecule has 0 saturated carbocycles.